The first-order valence-corrected chi connectivity index (χ1v) is 9.29. The van der Waals surface area contributed by atoms with Crippen molar-refractivity contribution in [2.75, 3.05) is 6.26 Å². The molecule has 0 saturated carbocycles. The molecule has 1 aliphatic rings. The zero-order chi connectivity index (χ0) is 17.5. The molecule has 1 aliphatic heterocycles. The number of hydrogen-bond donors (Lipinski definition) is 0. The van der Waals surface area contributed by atoms with Crippen molar-refractivity contribution in [3.8, 4) is 0 Å². The summed E-state index contributed by atoms with van der Waals surface area (Å²) in [7, 11) is -3.33. The van der Waals surface area contributed by atoms with Gasteiger partial charge in [-0.15, -0.1) is 0 Å². The summed E-state index contributed by atoms with van der Waals surface area (Å²) in [6.07, 6.45) is 2.40. The van der Waals surface area contributed by atoms with Gasteiger partial charge in [-0.05, 0) is 31.5 Å². The van der Waals surface area contributed by atoms with Gasteiger partial charge in [-0.25, -0.2) is 8.42 Å². The molecule has 5 nitrogen and oxygen atoms in total. The zero-order valence-electron chi connectivity index (χ0n) is 13.6. The molecule has 0 spiro atoms. The smallest absolute Gasteiger partial charge is 0.210 e. The van der Waals surface area contributed by atoms with Crippen LogP contribution in [0.15, 0.2) is 53.6 Å². The van der Waals surface area contributed by atoms with Crippen molar-refractivity contribution in [1.29, 1.82) is 0 Å². The maximum Gasteiger partial charge on any atom is 0.210 e. The summed E-state index contributed by atoms with van der Waals surface area (Å²) in [6.45, 7) is 3.41. The van der Waals surface area contributed by atoms with Gasteiger partial charge >= 0.3 is 0 Å². The molecule has 124 valence electrons. The molecular weight excluding hydrogens is 326 g/mol. The molecule has 0 atom stereocenters. The van der Waals surface area contributed by atoms with Gasteiger partial charge in [0.15, 0.2) is 21.2 Å². The Balaban J connectivity index is 2.15. The Labute approximate surface area is 140 Å². The van der Waals surface area contributed by atoms with E-state index >= 15 is 0 Å². The van der Waals surface area contributed by atoms with Crippen molar-refractivity contribution in [2.24, 2.45) is 0 Å². The average Bonchev–Trinajstić information content (AvgIpc) is 2.78. The topological polar surface area (TPSA) is 73.3 Å². The van der Waals surface area contributed by atoms with Gasteiger partial charge in [0.25, 0.3) is 0 Å². The maximum atomic E-state index is 12.7. The van der Waals surface area contributed by atoms with Crippen LogP contribution in [0.3, 0.4) is 0 Å². The molecule has 3 rings (SSSR count). The number of benzene rings is 1. The van der Waals surface area contributed by atoms with Gasteiger partial charge in [0.05, 0.1) is 10.5 Å². The Morgan fingerprint density at radius 3 is 2.25 bits per heavy atom. The van der Waals surface area contributed by atoms with Crippen molar-refractivity contribution in [2.45, 2.75) is 24.3 Å². The third-order valence-corrected chi connectivity index (χ3v) is 4.92. The highest BCUT2D eigenvalue weighted by Gasteiger charge is 2.43. The van der Waals surface area contributed by atoms with Gasteiger partial charge in [-0.3, -0.25) is 9.78 Å². The molecule has 0 amide bonds. The monoisotopic (exact) mass is 343 g/mol. The number of Topliss-reactive ketones (excluding diaryl/α,β-unsaturated/α-hetero) is 1. The van der Waals surface area contributed by atoms with Crippen LogP contribution >= 0.6 is 0 Å². The van der Waals surface area contributed by atoms with Crippen molar-refractivity contribution in [3.63, 3.8) is 0 Å². The van der Waals surface area contributed by atoms with Crippen LogP contribution in [-0.2, 0) is 19.4 Å². The molecule has 2 aromatic rings. The summed E-state index contributed by atoms with van der Waals surface area (Å²) in [6, 6.07) is 12.3. The highest BCUT2D eigenvalue weighted by molar-refractivity contribution is 7.90. The molecule has 6 heteroatoms. The van der Waals surface area contributed by atoms with Crippen LogP contribution in [0.25, 0.3) is 11.3 Å². The summed E-state index contributed by atoms with van der Waals surface area (Å²) in [5, 5.41) is 0. The van der Waals surface area contributed by atoms with Gasteiger partial charge in [0.2, 0.25) is 5.78 Å². The number of nitrogens with zero attached hydrogens (tertiary/aromatic N) is 1. The van der Waals surface area contributed by atoms with E-state index in [0.717, 1.165) is 11.8 Å². The number of sulfone groups is 1. The van der Waals surface area contributed by atoms with E-state index in [0.29, 0.717) is 17.0 Å². The van der Waals surface area contributed by atoms with Crippen LogP contribution in [0.5, 0.6) is 0 Å². The second-order valence-corrected chi connectivity index (χ2v) is 8.18. The van der Waals surface area contributed by atoms with Crippen LogP contribution in [0, 0.1) is 0 Å². The third-order valence-electron chi connectivity index (χ3n) is 3.82. The molecule has 1 aromatic carbocycles. The Hall–Kier alpha value is -2.47. The Morgan fingerprint density at radius 1 is 1.04 bits per heavy atom. The highest BCUT2D eigenvalue weighted by Crippen LogP contribution is 2.40. The van der Waals surface area contributed by atoms with Gasteiger partial charge in [0, 0.05) is 12.5 Å². The first-order chi connectivity index (χ1) is 11.2. The first kappa shape index (κ1) is 16.4. The van der Waals surface area contributed by atoms with Gasteiger partial charge < -0.3 is 4.74 Å². The first-order valence-electron chi connectivity index (χ1n) is 7.40. The summed E-state index contributed by atoms with van der Waals surface area (Å²) in [4.78, 5) is 17.0. The maximum absolute atomic E-state index is 12.7. The van der Waals surface area contributed by atoms with E-state index in [1.165, 1.54) is 12.3 Å². The van der Waals surface area contributed by atoms with Crippen molar-refractivity contribution >= 4 is 27.0 Å². The second kappa shape index (κ2) is 5.56. The number of pyridine rings is 1. The number of ketones is 1. The molecule has 0 aliphatic carbocycles. The van der Waals surface area contributed by atoms with Crippen LogP contribution < -0.4 is 0 Å². The zero-order valence-corrected chi connectivity index (χ0v) is 14.4. The fourth-order valence-electron chi connectivity index (χ4n) is 2.54. The molecule has 0 unspecified atom stereocenters. The lowest BCUT2D eigenvalue weighted by molar-refractivity contribution is -0.125. The number of aromatic nitrogens is 1. The van der Waals surface area contributed by atoms with E-state index in [2.05, 4.69) is 4.98 Å². The molecular formula is C18H17NO4S. The van der Waals surface area contributed by atoms with Crippen LogP contribution in [0.1, 0.15) is 25.1 Å². The third kappa shape index (κ3) is 2.85. The van der Waals surface area contributed by atoms with E-state index in [-0.39, 0.29) is 10.7 Å². The average molecular weight is 343 g/mol. The quantitative estimate of drug-likeness (QED) is 0.857. The van der Waals surface area contributed by atoms with Gasteiger partial charge in [0.1, 0.15) is 5.69 Å². The standard InChI is InChI=1S/C18H17NO4S/c1-18(2)17(20)15(12-7-5-4-6-8-12)16(23-18)14-10-9-13(11-19-14)24(3,21)22/h4-11H,1-3H3. The van der Waals surface area contributed by atoms with E-state index in [1.54, 1.807) is 19.9 Å². The van der Waals surface area contributed by atoms with E-state index in [9.17, 15) is 13.2 Å². The normalized spacial score (nSPS) is 17.0. The fraction of sp³-hybridized carbons (Fsp3) is 0.222. The van der Waals surface area contributed by atoms with Crippen molar-refractivity contribution in [3.05, 3.63) is 59.9 Å². The van der Waals surface area contributed by atoms with Crippen LogP contribution in [0.2, 0.25) is 0 Å². The number of ether oxygens (including phenoxy) is 1. The van der Waals surface area contributed by atoms with E-state index < -0.39 is 15.4 Å². The minimum Gasteiger partial charge on any atom is -0.477 e. The lowest BCUT2D eigenvalue weighted by Gasteiger charge is -2.17. The van der Waals surface area contributed by atoms with Crippen LogP contribution in [-0.4, -0.2) is 31.0 Å². The fourth-order valence-corrected chi connectivity index (χ4v) is 3.10. The second-order valence-electron chi connectivity index (χ2n) is 6.16. The van der Waals surface area contributed by atoms with E-state index in [1.807, 2.05) is 30.3 Å². The predicted octanol–water partition coefficient (Wildman–Crippen LogP) is 2.73. The Morgan fingerprint density at radius 2 is 1.71 bits per heavy atom. The SMILES string of the molecule is CC1(C)OC(c2ccc(S(C)(=O)=O)cn2)=C(c2ccccc2)C1=O. The Kier molecular flexibility index (Phi) is 3.80. The number of rotatable bonds is 3. The van der Waals surface area contributed by atoms with Crippen molar-refractivity contribution < 1.29 is 17.9 Å². The molecule has 2 heterocycles. The van der Waals surface area contributed by atoms with E-state index in [4.69, 9.17) is 4.74 Å². The number of hydrogen-bond acceptors (Lipinski definition) is 5. The molecule has 0 N–H and O–H groups in total. The largest absolute Gasteiger partial charge is 0.477 e. The molecule has 0 radical (unpaired) electrons. The lowest BCUT2D eigenvalue weighted by atomic mass is 9.93. The van der Waals surface area contributed by atoms with Crippen molar-refractivity contribution in [1.82, 2.24) is 4.98 Å². The molecule has 24 heavy (non-hydrogen) atoms. The summed E-state index contributed by atoms with van der Waals surface area (Å²) in [5.74, 6) is 0.244. The molecule has 0 bridgehead atoms. The minimum absolute atomic E-state index is 0.122. The molecule has 0 fully saturated rings. The predicted molar refractivity (Wildman–Crippen MR) is 90.8 cm³/mol. The Bertz CT molecular complexity index is 927. The lowest BCUT2D eigenvalue weighted by Crippen LogP contribution is -2.29. The summed E-state index contributed by atoms with van der Waals surface area (Å²) >= 11 is 0. The summed E-state index contributed by atoms with van der Waals surface area (Å²) < 4.78 is 29.0. The minimum atomic E-state index is -3.33. The molecule has 1 aromatic heterocycles. The molecule has 0 saturated heterocycles. The number of carbonyl (C=O) groups excluding carboxylic acids is 1. The van der Waals surface area contributed by atoms with Gasteiger partial charge in [-0.1, -0.05) is 30.3 Å². The van der Waals surface area contributed by atoms with Crippen LogP contribution in [0.4, 0.5) is 0 Å². The summed E-state index contributed by atoms with van der Waals surface area (Å²) in [5.41, 5.74) is 0.648. The number of carbonyl (C=O) groups is 1. The van der Waals surface area contributed by atoms with Gasteiger partial charge in [-0.2, -0.15) is 0 Å². The highest BCUT2D eigenvalue weighted by atomic mass is 32.2.